The lowest BCUT2D eigenvalue weighted by atomic mass is 10.1. The molecule has 140 valence electrons. The molecular weight excluding hydrogens is 336 g/mol. The Morgan fingerprint density at radius 1 is 1.07 bits per heavy atom. The van der Waals surface area contributed by atoms with Crippen LogP contribution in [0.4, 0.5) is 5.82 Å². The van der Waals surface area contributed by atoms with Gasteiger partial charge in [0.15, 0.2) is 0 Å². The van der Waals surface area contributed by atoms with E-state index in [1.807, 2.05) is 18.3 Å². The third kappa shape index (κ3) is 4.43. The molecule has 0 bridgehead atoms. The summed E-state index contributed by atoms with van der Waals surface area (Å²) in [5.41, 5.74) is 3.47. The standard InChI is InChI=1S/C22H26N4O/c1-25(11-9-20-7-4-5-10-23-20)17-19-16-18-6-2-3-8-21(18)24-22(19)26-12-14-27-15-13-26/h2-8,10,16H,9,11-15,17H2,1H3. The highest BCUT2D eigenvalue weighted by molar-refractivity contribution is 5.81. The van der Waals surface area contributed by atoms with E-state index < -0.39 is 0 Å². The minimum atomic E-state index is 0.767. The van der Waals surface area contributed by atoms with Gasteiger partial charge in [-0.1, -0.05) is 24.3 Å². The molecule has 4 rings (SSSR count). The minimum Gasteiger partial charge on any atom is -0.378 e. The first kappa shape index (κ1) is 17.9. The van der Waals surface area contributed by atoms with Gasteiger partial charge in [-0.2, -0.15) is 0 Å². The topological polar surface area (TPSA) is 41.5 Å². The fraction of sp³-hybridized carbons (Fsp3) is 0.364. The monoisotopic (exact) mass is 362 g/mol. The van der Waals surface area contributed by atoms with Crippen LogP contribution in [0.25, 0.3) is 10.9 Å². The fourth-order valence-corrected chi connectivity index (χ4v) is 3.54. The third-order valence-corrected chi connectivity index (χ3v) is 5.01. The van der Waals surface area contributed by atoms with Crippen LogP contribution in [0, 0.1) is 0 Å². The quantitative estimate of drug-likeness (QED) is 0.674. The molecule has 3 heterocycles. The fourth-order valence-electron chi connectivity index (χ4n) is 3.54. The second-order valence-corrected chi connectivity index (χ2v) is 7.07. The number of para-hydroxylation sites is 1. The van der Waals surface area contributed by atoms with Gasteiger partial charge in [0.1, 0.15) is 5.82 Å². The van der Waals surface area contributed by atoms with Gasteiger partial charge in [-0.25, -0.2) is 4.98 Å². The molecule has 0 aliphatic carbocycles. The van der Waals surface area contributed by atoms with Crippen molar-refractivity contribution in [1.29, 1.82) is 0 Å². The summed E-state index contributed by atoms with van der Waals surface area (Å²) in [5.74, 6) is 1.10. The Morgan fingerprint density at radius 2 is 1.89 bits per heavy atom. The molecular formula is C22H26N4O. The Hall–Kier alpha value is -2.50. The van der Waals surface area contributed by atoms with E-state index >= 15 is 0 Å². The van der Waals surface area contributed by atoms with Crippen LogP contribution in [0.2, 0.25) is 0 Å². The minimum absolute atomic E-state index is 0.767. The Balaban J connectivity index is 1.55. The normalized spacial score (nSPS) is 14.8. The largest absolute Gasteiger partial charge is 0.378 e. The number of nitrogens with zero attached hydrogens (tertiary/aromatic N) is 4. The molecule has 0 atom stereocenters. The van der Waals surface area contributed by atoms with Gasteiger partial charge >= 0.3 is 0 Å². The van der Waals surface area contributed by atoms with Crippen LogP contribution in [0.1, 0.15) is 11.3 Å². The number of pyridine rings is 2. The first-order chi connectivity index (χ1) is 13.3. The van der Waals surface area contributed by atoms with Crippen molar-refractivity contribution in [1.82, 2.24) is 14.9 Å². The van der Waals surface area contributed by atoms with Crippen LogP contribution in [0.5, 0.6) is 0 Å². The molecule has 5 nitrogen and oxygen atoms in total. The average Bonchev–Trinajstić information content (AvgIpc) is 2.73. The summed E-state index contributed by atoms with van der Waals surface area (Å²) in [4.78, 5) is 14.1. The van der Waals surface area contributed by atoms with Crippen molar-refractivity contribution in [3.63, 3.8) is 0 Å². The van der Waals surface area contributed by atoms with Gasteiger partial charge in [0.25, 0.3) is 0 Å². The van der Waals surface area contributed by atoms with Crippen LogP contribution >= 0.6 is 0 Å². The molecule has 2 aromatic heterocycles. The molecule has 0 radical (unpaired) electrons. The number of ether oxygens (including phenoxy) is 1. The maximum atomic E-state index is 5.53. The van der Waals surface area contributed by atoms with Gasteiger partial charge in [0.05, 0.1) is 18.7 Å². The smallest absolute Gasteiger partial charge is 0.133 e. The number of morpholine rings is 1. The molecule has 1 fully saturated rings. The van der Waals surface area contributed by atoms with Gasteiger partial charge in [-0.05, 0) is 31.3 Å². The maximum absolute atomic E-state index is 5.53. The molecule has 1 aliphatic heterocycles. The van der Waals surface area contributed by atoms with Crippen molar-refractivity contribution in [2.24, 2.45) is 0 Å². The van der Waals surface area contributed by atoms with E-state index in [2.05, 4.69) is 58.2 Å². The molecule has 3 aromatic rings. The number of anilines is 1. The van der Waals surface area contributed by atoms with Crippen LogP contribution in [0.15, 0.2) is 54.7 Å². The Morgan fingerprint density at radius 3 is 2.70 bits per heavy atom. The predicted molar refractivity (Wildman–Crippen MR) is 109 cm³/mol. The zero-order valence-electron chi connectivity index (χ0n) is 15.8. The van der Waals surface area contributed by atoms with Crippen molar-refractivity contribution in [2.45, 2.75) is 13.0 Å². The Labute approximate surface area is 160 Å². The number of hydrogen-bond donors (Lipinski definition) is 0. The molecule has 1 aromatic carbocycles. The van der Waals surface area contributed by atoms with E-state index in [1.165, 1.54) is 10.9 Å². The summed E-state index contributed by atoms with van der Waals surface area (Å²) in [5, 5.41) is 1.20. The van der Waals surface area contributed by atoms with Crippen molar-refractivity contribution >= 4 is 16.7 Å². The second kappa shape index (κ2) is 8.46. The Kier molecular flexibility index (Phi) is 5.61. The lowest BCUT2D eigenvalue weighted by Gasteiger charge is -2.30. The summed E-state index contributed by atoms with van der Waals surface area (Å²) >= 11 is 0. The number of fused-ring (bicyclic) bond motifs is 1. The number of likely N-dealkylation sites (N-methyl/N-ethyl adjacent to an activating group) is 1. The zero-order valence-corrected chi connectivity index (χ0v) is 15.8. The SMILES string of the molecule is CN(CCc1ccccn1)Cc1cc2ccccc2nc1N1CCOCC1. The second-order valence-electron chi connectivity index (χ2n) is 7.07. The zero-order chi connectivity index (χ0) is 18.5. The number of rotatable bonds is 6. The average molecular weight is 362 g/mol. The van der Waals surface area contributed by atoms with E-state index in [1.54, 1.807) is 0 Å². The third-order valence-electron chi connectivity index (χ3n) is 5.01. The number of benzene rings is 1. The van der Waals surface area contributed by atoms with Gasteiger partial charge < -0.3 is 14.5 Å². The molecule has 0 saturated carbocycles. The summed E-state index contributed by atoms with van der Waals surface area (Å²) in [6.07, 6.45) is 2.81. The first-order valence-electron chi connectivity index (χ1n) is 9.59. The summed E-state index contributed by atoms with van der Waals surface area (Å²) in [6, 6.07) is 16.8. The van der Waals surface area contributed by atoms with Crippen molar-refractivity contribution in [3.05, 3.63) is 66.0 Å². The molecule has 0 spiro atoms. The lowest BCUT2D eigenvalue weighted by Crippen LogP contribution is -2.37. The predicted octanol–water partition coefficient (Wildman–Crippen LogP) is 3.14. The van der Waals surface area contributed by atoms with Crippen molar-refractivity contribution in [2.75, 3.05) is 44.8 Å². The van der Waals surface area contributed by atoms with Gasteiger partial charge in [0.2, 0.25) is 0 Å². The van der Waals surface area contributed by atoms with E-state index in [9.17, 15) is 0 Å². The molecule has 1 aliphatic rings. The van der Waals surface area contributed by atoms with E-state index in [0.29, 0.717) is 0 Å². The van der Waals surface area contributed by atoms with Crippen molar-refractivity contribution in [3.8, 4) is 0 Å². The molecule has 0 unspecified atom stereocenters. The van der Waals surface area contributed by atoms with Crippen LogP contribution in [-0.4, -0.2) is 54.8 Å². The molecule has 27 heavy (non-hydrogen) atoms. The highest BCUT2D eigenvalue weighted by Crippen LogP contribution is 2.25. The first-order valence-corrected chi connectivity index (χ1v) is 9.59. The van der Waals surface area contributed by atoms with E-state index in [4.69, 9.17) is 9.72 Å². The molecule has 0 N–H and O–H groups in total. The van der Waals surface area contributed by atoms with Crippen LogP contribution in [-0.2, 0) is 17.7 Å². The van der Waals surface area contributed by atoms with E-state index in [-0.39, 0.29) is 0 Å². The highest BCUT2D eigenvalue weighted by atomic mass is 16.5. The van der Waals surface area contributed by atoms with Gasteiger partial charge in [0, 0.05) is 55.4 Å². The maximum Gasteiger partial charge on any atom is 0.133 e. The van der Waals surface area contributed by atoms with Crippen LogP contribution in [0.3, 0.4) is 0 Å². The van der Waals surface area contributed by atoms with Crippen LogP contribution < -0.4 is 4.90 Å². The highest BCUT2D eigenvalue weighted by Gasteiger charge is 2.18. The summed E-state index contributed by atoms with van der Waals surface area (Å²) in [7, 11) is 2.17. The van der Waals surface area contributed by atoms with Gasteiger partial charge in [-0.3, -0.25) is 4.98 Å². The summed E-state index contributed by atoms with van der Waals surface area (Å²) in [6.45, 7) is 5.17. The molecule has 1 saturated heterocycles. The summed E-state index contributed by atoms with van der Waals surface area (Å²) < 4.78 is 5.53. The van der Waals surface area contributed by atoms with Gasteiger partial charge in [-0.15, -0.1) is 0 Å². The van der Waals surface area contributed by atoms with Crippen molar-refractivity contribution < 1.29 is 4.74 Å². The van der Waals surface area contributed by atoms with E-state index in [0.717, 1.165) is 62.8 Å². The molecule has 0 amide bonds. The number of aromatic nitrogens is 2. The Bertz CT molecular complexity index is 878. The number of hydrogen-bond acceptors (Lipinski definition) is 5. The molecule has 5 heteroatoms. The lowest BCUT2D eigenvalue weighted by molar-refractivity contribution is 0.122.